The number of benzene rings is 1. The molecule has 1 heterocycles. The average molecular weight is 357 g/mol. The molecule has 5 nitrogen and oxygen atoms in total. The van der Waals surface area contributed by atoms with Crippen LogP contribution in [-0.4, -0.2) is 23.3 Å². The number of nitrogens with one attached hydrogen (secondary N) is 2. The molecule has 106 valence electrons. The van der Waals surface area contributed by atoms with E-state index in [-0.39, 0.29) is 5.75 Å². The van der Waals surface area contributed by atoms with E-state index in [9.17, 15) is 9.90 Å². The van der Waals surface area contributed by atoms with E-state index in [1.165, 1.54) is 7.11 Å². The maximum Gasteiger partial charge on any atom is 0.337 e. The molecular formula is C13H13BrN2O3S. The molecule has 1 aliphatic rings. The molecule has 1 atom stereocenters. The van der Waals surface area contributed by atoms with Crippen molar-refractivity contribution in [1.82, 2.24) is 10.6 Å². The summed E-state index contributed by atoms with van der Waals surface area (Å²) in [4.78, 5) is 12.0. The van der Waals surface area contributed by atoms with Gasteiger partial charge in [0.2, 0.25) is 0 Å². The molecule has 0 bridgehead atoms. The van der Waals surface area contributed by atoms with E-state index in [2.05, 4.69) is 26.6 Å². The summed E-state index contributed by atoms with van der Waals surface area (Å²) >= 11 is 8.46. The second kappa shape index (κ2) is 5.80. The second-order valence-electron chi connectivity index (χ2n) is 4.26. The van der Waals surface area contributed by atoms with Gasteiger partial charge >= 0.3 is 5.97 Å². The molecule has 3 N–H and O–H groups in total. The zero-order valence-electron chi connectivity index (χ0n) is 10.9. The van der Waals surface area contributed by atoms with Gasteiger partial charge < -0.3 is 20.5 Å². The molecule has 0 saturated heterocycles. The highest BCUT2D eigenvalue weighted by molar-refractivity contribution is 9.10. The Kier molecular flexibility index (Phi) is 4.29. The van der Waals surface area contributed by atoms with E-state index >= 15 is 0 Å². The number of halogens is 1. The number of phenols is 1. The molecule has 7 heteroatoms. The van der Waals surface area contributed by atoms with E-state index in [1.54, 1.807) is 25.1 Å². The Morgan fingerprint density at radius 2 is 2.20 bits per heavy atom. The lowest BCUT2D eigenvalue weighted by atomic mass is 9.95. The van der Waals surface area contributed by atoms with Crippen LogP contribution >= 0.6 is 28.1 Å². The Bertz CT molecular complexity index is 616. The molecule has 1 aromatic rings. The lowest BCUT2D eigenvalue weighted by Gasteiger charge is -2.30. The first-order valence-corrected chi connectivity index (χ1v) is 6.99. The topological polar surface area (TPSA) is 70.6 Å². The normalized spacial score (nSPS) is 18.4. The lowest BCUT2D eigenvalue weighted by molar-refractivity contribution is -0.136. The van der Waals surface area contributed by atoms with Crippen molar-refractivity contribution in [2.24, 2.45) is 0 Å². The average Bonchev–Trinajstić information content (AvgIpc) is 2.40. The van der Waals surface area contributed by atoms with Crippen LogP contribution in [0.3, 0.4) is 0 Å². The van der Waals surface area contributed by atoms with Crippen LogP contribution in [0.1, 0.15) is 18.5 Å². The first-order chi connectivity index (χ1) is 9.43. The smallest absolute Gasteiger partial charge is 0.337 e. The number of hydrogen-bond acceptors (Lipinski definition) is 4. The van der Waals surface area contributed by atoms with E-state index in [4.69, 9.17) is 17.0 Å². The van der Waals surface area contributed by atoms with Gasteiger partial charge in [-0.25, -0.2) is 4.79 Å². The van der Waals surface area contributed by atoms with Crippen molar-refractivity contribution < 1.29 is 14.6 Å². The van der Waals surface area contributed by atoms with Gasteiger partial charge in [0.05, 0.1) is 18.7 Å². The second-order valence-corrected chi connectivity index (χ2v) is 5.59. The van der Waals surface area contributed by atoms with Crippen LogP contribution in [0.2, 0.25) is 0 Å². The predicted molar refractivity (Wildman–Crippen MR) is 82.1 cm³/mol. The number of ether oxygens (including phenoxy) is 1. The number of allylic oxidation sites excluding steroid dienone is 1. The molecule has 0 aliphatic carbocycles. The summed E-state index contributed by atoms with van der Waals surface area (Å²) in [6.45, 7) is 1.74. The number of carbonyl (C=O) groups is 1. The van der Waals surface area contributed by atoms with Crippen LogP contribution in [0.5, 0.6) is 5.75 Å². The number of thiocarbonyl (C=S) groups is 1. The Morgan fingerprint density at radius 1 is 1.50 bits per heavy atom. The van der Waals surface area contributed by atoms with E-state index in [0.717, 1.165) is 4.47 Å². The van der Waals surface area contributed by atoms with Crippen molar-refractivity contribution in [2.45, 2.75) is 13.0 Å². The number of rotatable bonds is 2. The quantitative estimate of drug-likeness (QED) is 0.557. The summed E-state index contributed by atoms with van der Waals surface area (Å²) < 4.78 is 5.59. The SMILES string of the molecule is COC(=O)C1=C(C)NC(=S)N[C@@H]1c1cc(Br)ccc1O. The highest BCUT2D eigenvalue weighted by Crippen LogP contribution is 2.34. The fourth-order valence-corrected chi connectivity index (χ4v) is 2.71. The van der Waals surface area contributed by atoms with Crippen molar-refractivity contribution >= 4 is 39.2 Å². The van der Waals surface area contributed by atoms with Crippen molar-refractivity contribution in [3.63, 3.8) is 0 Å². The van der Waals surface area contributed by atoms with Gasteiger partial charge in [-0.15, -0.1) is 0 Å². The third kappa shape index (κ3) is 2.78. The Hall–Kier alpha value is -1.60. The predicted octanol–water partition coefficient (Wildman–Crippen LogP) is 2.12. The molecular weight excluding hydrogens is 344 g/mol. The maximum absolute atomic E-state index is 12.0. The standard InChI is InChI=1S/C13H13BrN2O3S/c1-6-10(12(18)19-2)11(16-13(20)15-6)8-5-7(14)3-4-9(8)17/h3-5,11,17H,1-2H3,(H2,15,16,20)/t11-/m1/s1. The van der Waals surface area contributed by atoms with Gasteiger partial charge in [-0.2, -0.15) is 0 Å². The minimum absolute atomic E-state index is 0.0737. The molecule has 0 radical (unpaired) electrons. The number of hydrogen-bond donors (Lipinski definition) is 3. The molecule has 0 saturated carbocycles. The molecule has 1 aliphatic heterocycles. The van der Waals surface area contributed by atoms with E-state index in [0.29, 0.717) is 21.9 Å². The molecule has 2 rings (SSSR count). The third-order valence-corrected chi connectivity index (χ3v) is 3.69. The summed E-state index contributed by atoms with van der Waals surface area (Å²) in [7, 11) is 1.31. The van der Waals surface area contributed by atoms with Gasteiger partial charge in [-0.05, 0) is 37.3 Å². The number of carbonyl (C=O) groups excluding carboxylic acids is 1. The van der Waals surface area contributed by atoms with Crippen LogP contribution in [0.15, 0.2) is 33.9 Å². The van der Waals surface area contributed by atoms with Gasteiger partial charge in [0.25, 0.3) is 0 Å². The fraction of sp³-hybridized carbons (Fsp3) is 0.231. The highest BCUT2D eigenvalue weighted by atomic mass is 79.9. The molecule has 1 aromatic carbocycles. The third-order valence-electron chi connectivity index (χ3n) is 2.98. The number of esters is 1. The van der Waals surface area contributed by atoms with Crippen LogP contribution in [-0.2, 0) is 9.53 Å². The summed E-state index contributed by atoms with van der Waals surface area (Å²) in [6.07, 6.45) is 0. The zero-order valence-corrected chi connectivity index (χ0v) is 13.3. The van der Waals surface area contributed by atoms with Gasteiger partial charge in [0.15, 0.2) is 5.11 Å². The monoisotopic (exact) mass is 356 g/mol. The zero-order chi connectivity index (χ0) is 14.9. The summed E-state index contributed by atoms with van der Waals surface area (Å²) in [5.41, 5.74) is 1.53. The van der Waals surface area contributed by atoms with Gasteiger partial charge in [-0.3, -0.25) is 0 Å². The Labute approximate surface area is 130 Å². The van der Waals surface area contributed by atoms with Crippen LogP contribution < -0.4 is 10.6 Å². The Morgan fingerprint density at radius 3 is 2.85 bits per heavy atom. The number of aromatic hydroxyl groups is 1. The summed E-state index contributed by atoms with van der Waals surface area (Å²) in [6, 6.07) is 4.44. The van der Waals surface area contributed by atoms with Crippen LogP contribution in [0.4, 0.5) is 0 Å². The van der Waals surface area contributed by atoms with Crippen LogP contribution in [0, 0.1) is 0 Å². The van der Waals surface area contributed by atoms with Gasteiger partial charge in [0.1, 0.15) is 5.75 Å². The molecule has 0 aromatic heterocycles. The Balaban J connectivity index is 2.56. The minimum atomic E-state index is -0.561. The largest absolute Gasteiger partial charge is 0.508 e. The van der Waals surface area contributed by atoms with Gasteiger partial charge in [-0.1, -0.05) is 15.9 Å². The van der Waals surface area contributed by atoms with Gasteiger partial charge in [0, 0.05) is 15.7 Å². The van der Waals surface area contributed by atoms with Crippen molar-refractivity contribution in [1.29, 1.82) is 0 Å². The molecule has 20 heavy (non-hydrogen) atoms. The number of methoxy groups -OCH3 is 1. The fourth-order valence-electron chi connectivity index (χ4n) is 2.06. The summed E-state index contributed by atoms with van der Waals surface area (Å²) in [5.74, 6) is -0.404. The van der Waals surface area contributed by atoms with E-state index < -0.39 is 12.0 Å². The van der Waals surface area contributed by atoms with E-state index in [1.807, 2.05) is 0 Å². The first-order valence-electron chi connectivity index (χ1n) is 5.79. The minimum Gasteiger partial charge on any atom is -0.508 e. The first kappa shape index (κ1) is 14.8. The molecule has 0 unspecified atom stereocenters. The lowest BCUT2D eigenvalue weighted by Crippen LogP contribution is -2.45. The number of phenolic OH excluding ortho intramolecular Hbond substituents is 1. The van der Waals surface area contributed by atoms with Crippen LogP contribution in [0.25, 0.3) is 0 Å². The van der Waals surface area contributed by atoms with Crippen molar-refractivity contribution in [3.8, 4) is 5.75 Å². The molecule has 0 fully saturated rings. The summed E-state index contributed by atoms with van der Waals surface area (Å²) in [5, 5.41) is 16.3. The maximum atomic E-state index is 12.0. The highest BCUT2D eigenvalue weighted by Gasteiger charge is 2.32. The molecule has 0 amide bonds. The van der Waals surface area contributed by atoms with Crippen molar-refractivity contribution in [2.75, 3.05) is 7.11 Å². The molecule has 0 spiro atoms. The van der Waals surface area contributed by atoms with Crippen molar-refractivity contribution in [3.05, 3.63) is 39.5 Å².